The molecule has 178 valence electrons. The lowest BCUT2D eigenvalue weighted by molar-refractivity contribution is 0.0955. The molecule has 1 amide bonds. The van der Waals surface area contributed by atoms with Gasteiger partial charge in [0.15, 0.2) is 5.82 Å². The second kappa shape index (κ2) is 9.77. The molecule has 3 aromatic rings. The van der Waals surface area contributed by atoms with Crippen LogP contribution in [0.4, 0.5) is 0 Å². The number of nitrogens with one attached hydrogen (secondary N) is 3. The number of fused-ring (bicyclic) bond motifs is 2. The minimum Gasteiger partial charge on any atom is -0.385 e. The fourth-order valence-electron chi connectivity index (χ4n) is 5.13. The standard InChI is InChI=1S/C26H33N7O/c1-5-28-17(4)18-9-11-22-19(13-18)7-8-20-14-21(24(34)29-6-2)10-12-23(20)26(22,15-16(3)27)25-30-32-33-31-25/h9-14,16,28H,4-8,15,27H2,1-3H3,(H,29,34)(H,30,31,32,33)/t16-,26?/m1/s1. The second-order valence-electron chi connectivity index (χ2n) is 8.93. The summed E-state index contributed by atoms with van der Waals surface area (Å²) in [6.45, 7) is 11.6. The van der Waals surface area contributed by atoms with E-state index in [0.717, 1.165) is 47.3 Å². The normalized spacial score (nSPS) is 17.8. The first-order valence-electron chi connectivity index (χ1n) is 11.9. The van der Waals surface area contributed by atoms with E-state index in [9.17, 15) is 4.79 Å². The molecule has 2 aromatic carbocycles. The van der Waals surface area contributed by atoms with Crippen LogP contribution in [0, 0.1) is 0 Å². The average Bonchev–Trinajstić information content (AvgIpc) is 3.33. The van der Waals surface area contributed by atoms with Crippen molar-refractivity contribution in [3.05, 3.63) is 82.2 Å². The van der Waals surface area contributed by atoms with E-state index in [-0.39, 0.29) is 11.9 Å². The van der Waals surface area contributed by atoms with Crippen LogP contribution in [0.5, 0.6) is 0 Å². The number of amides is 1. The van der Waals surface area contributed by atoms with Gasteiger partial charge < -0.3 is 16.4 Å². The van der Waals surface area contributed by atoms with Crippen LogP contribution in [0.25, 0.3) is 5.70 Å². The third-order valence-electron chi connectivity index (χ3n) is 6.49. The van der Waals surface area contributed by atoms with Crippen molar-refractivity contribution in [2.45, 2.75) is 51.5 Å². The van der Waals surface area contributed by atoms with Gasteiger partial charge in [-0.25, -0.2) is 0 Å². The summed E-state index contributed by atoms with van der Waals surface area (Å²) in [5, 5.41) is 21.7. The van der Waals surface area contributed by atoms with Gasteiger partial charge in [-0.1, -0.05) is 30.0 Å². The molecule has 0 saturated carbocycles. The van der Waals surface area contributed by atoms with E-state index < -0.39 is 5.41 Å². The van der Waals surface area contributed by atoms with E-state index in [1.54, 1.807) is 0 Å². The maximum atomic E-state index is 12.6. The Morgan fingerprint density at radius 1 is 1.09 bits per heavy atom. The summed E-state index contributed by atoms with van der Waals surface area (Å²) in [4.78, 5) is 12.6. The maximum absolute atomic E-state index is 12.6. The van der Waals surface area contributed by atoms with Crippen LogP contribution in [-0.4, -0.2) is 45.7 Å². The molecule has 2 atom stereocenters. The predicted octanol–water partition coefficient (Wildman–Crippen LogP) is 2.70. The Balaban J connectivity index is 1.96. The number of carbonyl (C=O) groups is 1. The van der Waals surface area contributed by atoms with E-state index in [0.29, 0.717) is 24.4 Å². The molecule has 8 heteroatoms. The predicted molar refractivity (Wildman–Crippen MR) is 133 cm³/mol. The molecular weight excluding hydrogens is 426 g/mol. The highest BCUT2D eigenvalue weighted by molar-refractivity contribution is 5.94. The fourth-order valence-corrected chi connectivity index (χ4v) is 5.13. The molecule has 5 N–H and O–H groups in total. The molecule has 1 aliphatic rings. The number of nitrogens with two attached hydrogens (primary N) is 1. The molecule has 1 unspecified atom stereocenters. The highest BCUT2D eigenvalue weighted by Gasteiger charge is 2.45. The molecule has 0 radical (unpaired) electrons. The minimum atomic E-state index is -0.694. The fraction of sp³-hybridized carbons (Fsp3) is 0.385. The largest absolute Gasteiger partial charge is 0.385 e. The molecule has 8 nitrogen and oxygen atoms in total. The van der Waals surface area contributed by atoms with Gasteiger partial charge in [0, 0.05) is 30.4 Å². The number of tetrazole rings is 1. The molecule has 0 spiro atoms. The smallest absolute Gasteiger partial charge is 0.251 e. The van der Waals surface area contributed by atoms with E-state index in [1.807, 2.05) is 32.0 Å². The van der Waals surface area contributed by atoms with Gasteiger partial charge in [0.05, 0.1) is 5.41 Å². The van der Waals surface area contributed by atoms with Crippen molar-refractivity contribution in [1.82, 2.24) is 31.3 Å². The van der Waals surface area contributed by atoms with Crippen LogP contribution in [0.3, 0.4) is 0 Å². The van der Waals surface area contributed by atoms with E-state index >= 15 is 0 Å². The van der Waals surface area contributed by atoms with Gasteiger partial charge in [-0.05, 0) is 86.1 Å². The Morgan fingerprint density at radius 2 is 1.71 bits per heavy atom. The summed E-state index contributed by atoms with van der Waals surface area (Å²) in [5.41, 5.74) is 12.8. The zero-order valence-electron chi connectivity index (χ0n) is 20.1. The third-order valence-corrected chi connectivity index (χ3v) is 6.49. The first-order valence-corrected chi connectivity index (χ1v) is 11.9. The van der Waals surface area contributed by atoms with E-state index in [4.69, 9.17) is 5.73 Å². The van der Waals surface area contributed by atoms with Crippen molar-refractivity contribution in [2.24, 2.45) is 5.73 Å². The summed E-state index contributed by atoms with van der Waals surface area (Å²) < 4.78 is 0. The molecule has 0 fully saturated rings. The van der Waals surface area contributed by atoms with Gasteiger partial charge in [0.1, 0.15) is 0 Å². The van der Waals surface area contributed by atoms with Crippen LogP contribution in [0.15, 0.2) is 43.0 Å². The molecular formula is C26H33N7O. The van der Waals surface area contributed by atoms with Crippen molar-refractivity contribution >= 4 is 11.6 Å². The molecule has 0 bridgehead atoms. The number of aromatic amines is 1. The summed E-state index contributed by atoms with van der Waals surface area (Å²) in [6, 6.07) is 12.2. The highest BCUT2D eigenvalue weighted by Crippen LogP contribution is 2.46. The Morgan fingerprint density at radius 3 is 2.26 bits per heavy atom. The Kier molecular flexibility index (Phi) is 6.79. The van der Waals surface area contributed by atoms with Crippen LogP contribution in [-0.2, 0) is 18.3 Å². The lowest BCUT2D eigenvalue weighted by Gasteiger charge is -2.35. The van der Waals surface area contributed by atoms with Crippen molar-refractivity contribution in [3.63, 3.8) is 0 Å². The first kappa shape index (κ1) is 23.6. The zero-order valence-corrected chi connectivity index (χ0v) is 20.1. The van der Waals surface area contributed by atoms with Gasteiger partial charge in [0.25, 0.3) is 5.91 Å². The molecule has 1 aromatic heterocycles. The summed E-state index contributed by atoms with van der Waals surface area (Å²) in [7, 11) is 0. The Hall–Kier alpha value is -3.52. The zero-order chi connectivity index (χ0) is 24.3. The third kappa shape index (κ3) is 4.21. The number of hydrogen-bond acceptors (Lipinski definition) is 6. The summed E-state index contributed by atoms with van der Waals surface area (Å²) in [6.07, 6.45) is 2.19. The van der Waals surface area contributed by atoms with Crippen LogP contribution in [0.2, 0.25) is 0 Å². The molecule has 1 aliphatic carbocycles. The number of rotatable bonds is 8. The number of aryl methyl sites for hydroxylation is 2. The van der Waals surface area contributed by atoms with Crippen molar-refractivity contribution in [1.29, 1.82) is 0 Å². The maximum Gasteiger partial charge on any atom is 0.251 e. The van der Waals surface area contributed by atoms with E-state index in [2.05, 4.69) is 63.0 Å². The van der Waals surface area contributed by atoms with Gasteiger partial charge >= 0.3 is 0 Å². The number of aromatic nitrogens is 4. The molecule has 4 rings (SSSR count). The lowest BCUT2D eigenvalue weighted by atomic mass is 9.68. The lowest BCUT2D eigenvalue weighted by Crippen LogP contribution is -2.38. The van der Waals surface area contributed by atoms with Crippen molar-refractivity contribution in [3.8, 4) is 0 Å². The number of hydrogen-bond donors (Lipinski definition) is 4. The Bertz CT molecular complexity index is 1110. The molecule has 0 aliphatic heterocycles. The van der Waals surface area contributed by atoms with Crippen LogP contribution < -0.4 is 16.4 Å². The summed E-state index contributed by atoms with van der Waals surface area (Å²) in [5.74, 6) is 0.506. The number of benzene rings is 2. The Labute approximate surface area is 200 Å². The number of nitrogens with zero attached hydrogens (tertiary/aromatic N) is 3. The quantitative estimate of drug-likeness (QED) is 0.411. The molecule has 1 heterocycles. The van der Waals surface area contributed by atoms with Gasteiger partial charge in [-0.2, -0.15) is 5.21 Å². The topological polar surface area (TPSA) is 122 Å². The molecule has 0 saturated heterocycles. The highest BCUT2D eigenvalue weighted by atomic mass is 16.1. The number of H-pyrrole nitrogens is 1. The monoisotopic (exact) mass is 459 g/mol. The van der Waals surface area contributed by atoms with Crippen molar-refractivity contribution < 1.29 is 4.79 Å². The van der Waals surface area contributed by atoms with Gasteiger partial charge in [-0.3, -0.25) is 4.79 Å². The van der Waals surface area contributed by atoms with Crippen molar-refractivity contribution in [2.75, 3.05) is 13.1 Å². The second-order valence-corrected chi connectivity index (χ2v) is 8.93. The number of carbonyl (C=O) groups excluding carboxylic acids is 1. The van der Waals surface area contributed by atoms with Crippen LogP contribution >= 0.6 is 0 Å². The summed E-state index contributed by atoms with van der Waals surface area (Å²) >= 11 is 0. The first-order chi connectivity index (χ1) is 16.4. The minimum absolute atomic E-state index is 0.0753. The van der Waals surface area contributed by atoms with Gasteiger partial charge in [-0.15, -0.1) is 10.2 Å². The average molecular weight is 460 g/mol. The van der Waals surface area contributed by atoms with Crippen LogP contribution in [0.1, 0.15) is 71.2 Å². The van der Waals surface area contributed by atoms with Gasteiger partial charge in [0.2, 0.25) is 0 Å². The van der Waals surface area contributed by atoms with E-state index in [1.165, 1.54) is 5.56 Å². The SMILES string of the molecule is C=C(NCC)c1ccc2c(c1)CCc1cc(C(=O)NCC)ccc1C2(C[C@@H](C)N)c1nn[nH]n1. The molecule has 34 heavy (non-hydrogen) atoms.